The van der Waals surface area contributed by atoms with Gasteiger partial charge in [-0.25, -0.2) is 0 Å². The normalized spacial score (nSPS) is 17.5. The molecule has 0 unspecified atom stereocenters. The van der Waals surface area contributed by atoms with Crippen molar-refractivity contribution in [1.82, 2.24) is 0 Å². The molecular weight excluding hydrogens is 866 g/mol. The summed E-state index contributed by atoms with van der Waals surface area (Å²) in [5.74, 6) is 0. The third-order valence-electron chi connectivity index (χ3n) is 17.0. The number of aryl methyl sites for hydroxylation is 2. The number of rotatable bonds is 5. The second-order valence-corrected chi connectivity index (χ2v) is 24.8. The van der Waals surface area contributed by atoms with E-state index in [1.165, 1.54) is 117 Å². The molecule has 0 bridgehead atoms. The van der Waals surface area contributed by atoms with Crippen LogP contribution in [-0.4, -0.2) is 6.71 Å². The van der Waals surface area contributed by atoms with Crippen LogP contribution in [0.15, 0.2) is 158 Å². The summed E-state index contributed by atoms with van der Waals surface area (Å²) in [6, 6.07) is 60.6. The molecule has 1 aromatic heterocycles. The van der Waals surface area contributed by atoms with Gasteiger partial charge < -0.3 is 14.7 Å². The fourth-order valence-corrected chi connectivity index (χ4v) is 14.8. The molecule has 0 radical (unpaired) electrons. The van der Waals surface area contributed by atoms with Gasteiger partial charge in [-0.3, -0.25) is 0 Å². The quantitative estimate of drug-likeness (QED) is 0.159. The van der Waals surface area contributed by atoms with E-state index < -0.39 is 0 Å². The third-order valence-corrected chi connectivity index (χ3v) is 18.1. The maximum atomic E-state index is 2.71. The van der Waals surface area contributed by atoms with Gasteiger partial charge >= 0.3 is 0 Å². The molecule has 0 amide bonds. The summed E-state index contributed by atoms with van der Waals surface area (Å²) in [4.78, 5) is 7.75. The molecule has 4 aliphatic rings. The standard InChI is InChI=1S/C65H62BN3S/c1-40-31-57-61-58(32-40)69(54-37-51-48(33-41(54)2)64(7,8)39-65(51,9)10)56-38-50-49(62(3,4)29-30-63(50,5)6)36-53(56)66(61)52-28-26-44(67(42-19-13-11-14-20-42)43-21-15-12-16-22-43)34-55(52)68(57)45-25-27-47-46-23-17-18-24-59(46)70-60(47)35-45/h11-28,31-38H,29-30,39H2,1-10H3. The Morgan fingerprint density at radius 3 is 1.69 bits per heavy atom. The maximum absolute atomic E-state index is 2.71. The summed E-state index contributed by atoms with van der Waals surface area (Å²) in [6.07, 6.45) is 3.47. The van der Waals surface area contributed by atoms with Crippen molar-refractivity contribution in [2.75, 3.05) is 14.7 Å². The zero-order valence-electron chi connectivity index (χ0n) is 42.5. The van der Waals surface area contributed by atoms with Gasteiger partial charge in [-0.1, -0.05) is 134 Å². The van der Waals surface area contributed by atoms with Gasteiger partial charge in [-0.15, -0.1) is 11.3 Å². The van der Waals surface area contributed by atoms with Crippen LogP contribution in [-0.2, 0) is 21.7 Å². The van der Waals surface area contributed by atoms with Crippen LogP contribution < -0.4 is 31.1 Å². The monoisotopic (exact) mass is 927 g/mol. The number of benzene rings is 8. The number of anilines is 9. The molecule has 346 valence electrons. The van der Waals surface area contributed by atoms with E-state index in [-0.39, 0.29) is 28.4 Å². The molecule has 3 heterocycles. The summed E-state index contributed by atoms with van der Waals surface area (Å²) in [7, 11) is 0. The highest BCUT2D eigenvalue weighted by molar-refractivity contribution is 7.25. The second kappa shape index (κ2) is 15.0. The molecule has 0 fully saturated rings. The topological polar surface area (TPSA) is 9.72 Å². The molecule has 2 aliphatic carbocycles. The van der Waals surface area contributed by atoms with Crippen molar-refractivity contribution in [3.8, 4) is 0 Å². The van der Waals surface area contributed by atoms with Crippen LogP contribution in [0.4, 0.5) is 51.2 Å². The summed E-state index contributed by atoms with van der Waals surface area (Å²) in [5.41, 5.74) is 23.9. The minimum Gasteiger partial charge on any atom is -0.311 e. The van der Waals surface area contributed by atoms with Crippen LogP contribution >= 0.6 is 11.3 Å². The van der Waals surface area contributed by atoms with Crippen LogP contribution in [0.1, 0.15) is 108 Å². The molecule has 0 saturated heterocycles. The molecule has 0 atom stereocenters. The number of hydrogen-bond donors (Lipinski definition) is 0. The molecule has 0 N–H and O–H groups in total. The first-order valence-electron chi connectivity index (χ1n) is 25.5. The molecule has 0 spiro atoms. The molecule has 5 heteroatoms. The average Bonchev–Trinajstić information content (AvgIpc) is 3.79. The highest BCUT2D eigenvalue weighted by Gasteiger charge is 2.48. The summed E-state index contributed by atoms with van der Waals surface area (Å²) in [5, 5.41) is 2.63. The van der Waals surface area contributed by atoms with Crippen molar-refractivity contribution in [2.45, 2.75) is 110 Å². The predicted molar refractivity (Wildman–Crippen MR) is 303 cm³/mol. The van der Waals surface area contributed by atoms with Gasteiger partial charge in [-0.05, 0) is 183 Å². The summed E-state index contributed by atoms with van der Waals surface area (Å²) >= 11 is 1.90. The Bertz CT molecular complexity index is 3600. The largest absolute Gasteiger partial charge is 0.311 e. The minimum atomic E-state index is 0.00311. The van der Waals surface area contributed by atoms with Crippen molar-refractivity contribution >= 4 is 106 Å². The Balaban J connectivity index is 1.13. The molecule has 13 rings (SSSR count). The summed E-state index contributed by atoms with van der Waals surface area (Å²) in [6.45, 7) is 24.4. The van der Waals surface area contributed by atoms with Crippen molar-refractivity contribution < 1.29 is 0 Å². The van der Waals surface area contributed by atoms with E-state index in [0.29, 0.717) is 0 Å². The number of nitrogens with zero attached hydrogens (tertiary/aromatic N) is 3. The minimum absolute atomic E-state index is 0.00311. The highest BCUT2D eigenvalue weighted by atomic mass is 32.1. The zero-order chi connectivity index (χ0) is 48.2. The summed E-state index contributed by atoms with van der Waals surface area (Å²) < 4.78 is 2.63. The third kappa shape index (κ3) is 6.39. The Morgan fingerprint density at radius 1 is 0.443 bits per heavy atom. The second-order valence-electron chi connectivity index (χ2n) is 23.7. The average molecular weight is 928 g/mol. The first-order chi connectivity index (χ1) is 33.5. The van der Waals surface area contributed by atoms with Gasteiger partial charge in [-0.2, -0.15) is 0 Å². The van der Waals surface area contributed by atoms with E-state index in [2.05, 4.69) is 242 Å². The molecule has 2 aliphatic heterocycles. The lowest BCUT2D eigenvalue weighted by molar-refractivity contribution is 0.332. The van der Waals surface area contributed by atoms with Crippen LogP contribution in [0.2, 0.25) is 0 Å². The molecule has 0 saturated carbocycles. The lowest BCUT2D eigenvalue weighted by Crippen LogP contribution is -2.62. The van der Waals surface area contributed by atoms with Crippen LogP contribution in [0.3, 0.4) is 0 Å². The SMILES string of the molecule is Cc1cc2c3c(c1)N(c1cc4c(cc1C)C(C)(C)CC4(C)C)c1cc4c(cc1B3c1ccc(N(c3ccccc3)c3ccccc3)cc1N2c1ccc2c(c1)sc1ccccc12)C(C)(C)CCC4(C)C. The Hall–Kier alpha value is -6.56. The Morgan fingerprint density at radius 2 is 1.00 bits per heavy atom. The van der Waals surface area contributed by atoms with E-state index >= 15 is 0 Å². The Kier molecular flexibility index (Phi) is 9.30. The molecular formula is C65H62BN3S. The number of thiophene rings is 1. The van der Waals surface area contributed by atoms with Crippen molar-refractivity contribution in [1.29, 1.82) is 0 Å². The molecule has 8 aromatic carbocycles. The van der Waals surface area contributed by atoms with E-state index in [0.717, 1.165) is 23.5 Å². The van der Waals surface area contributed by atoms with Crippen molar-refractivity contribution in [3.05, 3.63) is 191 Å². The van der Waals surface area contributed by atoms with E-state index in [1.54, 1.807) is 0 Å². The van der Waals surface area contributed by atoms with Crippen molar-refractivity contribution in [3.63, 3.8) is 0 Å². The van der Waals surface area contributed by atoms with Crippen LogP contribution in [0.25, 0.3) is 20.2 Å². The van der Waals surface area contributed by atoms with E-state index in [4.69, 9.17) is 0 Å². The first-order valence-corrected chi connectivity index (χ1v) is 26.4. The van der Waals surface area contributed by atoms with Crippen molar-refractivity contribution in [2.24, 2.45) is 0 Å². The molecule has 9 aromatic rings. The predicted octanol–water partition coefficient (Wildman–Crippen LogP) is 16.5. The number of para-hydroxylation sites is 2. The molecule has 70 heavy (non-hydrogen) atoms. The zero-order valence-corrected chi connectivity index (χ0v) is 43.3. The van der Waals surface area contributed by atoms with E-state index in [9.17, 15) is 0 Å². The van der Waals surface area contributed by atoms with Gasteiger partial charge in [0.25, 0.3) is 6.71 Å². The maximum Gasteiger partial charge on any atom is 0.252 e. The van der Waals surface area contributed by atoms with Crippen LogP contribution in [0.5, 0.6) is 0 Å². The number of hydrogen-bond acceptors (Lipinski definition) is 4. The fraction of sp³-hybridized carbons (Fsp3) is 0.262. The van der Waals surface area contributed by atoms with E-state index in [1.807, 2.05) is 11.3 Å². The van der Waals surface area contributed by atoms with Gasteiger partial charge in [0.15, 0.2) is 0 Å². The smallest absolute Gasteiger partial charge is 0.252 e. The van der Waals surface area contributed by atoms with Gasteiger partial charge in [0, 0.05) is 71.4 Å². The van der Waals surface area contributed by atoms with Gasteiger partial charge in [0.2, 0.25) is 0 Å². The fourth-order valence-electron chi connectivity index (χ4n) is 13.7. The number of fused-ring (bicyclic) bond motifs is 9. The lowest BCUT2D eigenvalue weighted by Gasteiger charge is -2.48. The lowest BCUT2D eigenvalue weighted by atomic mass is 9.33. The van der Waals surface area contributed by atoms with Gasteiger partial charge in [0.1, 0.15) is 0 Å². The Labute approximate surface area is 419 Å². The van der Waals surface area contributed by atoms with Crippen LogP contribution in [0, 0.1) is 13.8 Å². The van der Waals surface area contributed by atoms with Gasteiger partial charge in [0.05, 0.1) is 0 Å². The highest BCUT2D eigenvalue weighted by Crippen LogP contribution is 2.55. The molecule has 3 nitrogen and oxygen atoms in total. The first kappa shape index (κ1) is 43.5.